The number of carbonyl (C=O) groups is 1. The first kappa shape index (κ1) is 7.54. The van der Waals surface area contributed by atoms with E-state index in [0.29, 0.717) is 5.92 Å². The van der Waals surface area contributed by atoms with Gasteiger partial charge < -0.3 is 10.8 Å². The van der Waals surface area contributed by atoms with Crippen molar-refractivity contribution in [2.24, 2.45) is 17.6 Å². The van der Waals surface area contributed by atoms with Gasteiger partial charge in [-0.25, -0.2) is 0 Å². The molecular weight excluding hydrogens is 130 g/mol. The van der Waals surface area contributed by atoms with Crippen LogP contribution in [0.5, 0.6) is 0 Å². The van der Waals surface area contributed by atoms with E-state index in [0.717, 1.165) is 12.8 Å². The van der Waals surface area contributed by atoms with Gasteiger partial charge in [0.05, 0.1) is 5.92 Å². The average molecular weight is 143 g/mol. The first-order valence-corrected chi connectivity index (χ1v) is 3.61. The second-order valence-corrected chi connectivity index (χ2v) is 3.08. The quantitative estimate of drug-likeness (QED) is 0.560. The third-order valence-corrected chi connectivity index (χ3v) is 2.37. The van der Waals surface area contributed by atoms with Crippen LogP contribution >= 0.6 is 0 Å². The van der Waals surface area contributed by atoms with Gasteiger partial charge in [0, 0.05) is 6.04 Å². The highest BCUT2D eigenvalue weighted by Crippen LogP contribution is 2.29. The molecule has 3 heteroatoms. The normalized spacial score (nSPS) is 40.0. The summed E-state index contributed by atoms with van der Waals surface area (Å²) < 4.78 is 0. The van der Waals surface area contributed by atoms with Crippen LogP contribution in [0.4, 0.5) is 0 Å². The van der Waals surface area contributed by atoms with Gasteiger partial charge in [-0.05, 0) is 18.8 Å². The highest BCUT2D eigenvalue weighted by molar-refractivity contribution is 5.71. The molecule has 0 aromatic heterocycles. The number of hydrogen-bond donors (Lipinski definition) is 2. The second-order valence-electron chi connectivity index (χ2n) is 3.08. The zero-order chi connectivity index (χ0) is 7.72. The molecule has 58 valence electrons. The first-order chi connectivity index (χ1) is 4.63. The van der Waals surface area contributed by atoms with Crippen LogP contribution in [0.2, 0.25) is 0 Å². The monoisotopic (exact) mass is 143 g/mol. The van der Waals surface area contributed by atoms with E-state index in [1.165, 1.54) is 0 Å². The third-order valence-electron chi connectivity index (χ3n) is 2.37. The summed E-state index contributed by atoms with van der Waals surface area (Å²) in [5.41, 5.74) is 5.64. The molecule has 0 aliphatic heterocycles. The molecule has 1 fully saturated rings. The van der Waals surface area contributed by atoms with E-state index in [-0.39, 0.29) is 12.0 Å². The van der Waals surface area contributed by atoms with Crippen molar-refractivity contribution in [1.82, 2.24) is 0 Å². The van der Waals surface area contributed by atoms with Crippen LogP contribution in [0.25, 0.3) is 0 Å². The molecule has 1 aliphatic rings. The highest BCUT2D eigenvalue weighted by Gasteiger charge is 2.34. The molecule has 1 aliphatic carbocycles. The predicted octanol–water partition coefficient (Wildman–Crippen LogP) is 0.444. The summed E-state index contributed by atoms with van der Waals surface area (Å²) >= 11 is 0. The fraction of sp³-hybridized carbons (Fsp3) is 0.857. The molecule has 0 heterocycles. The van der Waals surface area contributed by atoms with Gasteiger partial charge in [-0.15, -0.1) is 0 Å². The SMILES string of the molecule is CC1CC[C@@H](C(=O)O)[C@H]1N. The van der Waals surface area contributed by atoms with E-state index in [4.69, 9.17) is 10.8 Å². The van der Waals surface area contributed by atoms with E-state index in [1.54, 1.807) is 0 Å². The van der Waals surface area contributed by atoms with Gasteiger partial charge in [-0.2, -0.15) is 0 Å². The Hall–Kier alpha value is -0.570. The second kappa shape index (κ2) is 2.58. The van der Waals surface area contributed by atoms with Crippen molar-refractivity contribution in [3.8, 4) is 0 Å². The molecule has 3 atom stereocenters. The average Bonchev–Trinajstić information content (AvgIpc) is 2.14. The zero-order valence-corrected chi connectivity index (χ0v) is 6.08. The molecular formula is C7H13NO2. The summed E-state index contributed by atoms with van der Waals surface area (Å²) in [6.45, 7) is 2.01. The van der Waals surface area contributed by atoms with Crippen LogP contribution in [0.1, 0.15) is 19.8 Å². The molecule has 0 bridgehead atoms. The maximum atomic E-state index is 10.5. The maximum absolute atomic E-state index is 10.5. The molecule has 0 amide bonds. The van der Waals surface area contributed by atoms with E-state index in [2.05, 4.69) is 0 Å². The Balaban J connectivity index is 2.57. The van der Waals surface area contributed by atoms with Crippen molar-refractivity contribution in [3.63, 3.8) is 0 Å². The lowest BCUT2D eigenvalue weighted by molar-refractivity contribution is -0.142. The molecule has 0 aromatic carbocycles. The summed E-state index contributed by atoms with van der Waals surface area (Å²) in [6.07, 6.45) is 1.70. The molecule has 3 N–H and O–H groups in total. The number of aliphatic carboxylic acids is 1. The Bertz CT molecular complexity index is 147. The van der Waals surface area contributed by atoms with Crippen molar-refractivity contribution < 1.29 is 9.90 Å². The minimum Gasteiger partial charge on any atom is -0.481 e. The van der Waals surface area contributed by atoms with Gasteiger partial charge in [0.15, 0.2) is 0 Å². The Morgan fingerprint density at radius 2 is 2.20 bits per heavy atom. The minimum atomic E-state index is -0.739. The van der Waals surface area contributed by atoms with Gasteiger partial charge in [-0.1, -0.05) is 6.92 Å². The topological polar surface area (TPSA) is 63.3 Å². The van der Waals surface area contributed by atoms with E-state index in [1.807, 2.05) is 6.92 Å². The highest BCUT2D eigenvalue weighted by atomic mass is 16.4. The molecule has 1 saturated carbocycles. The Labute approximate surface area is 60.2 Å². The molecule has 0 radical (unpaired) electrons. The first-order valence-electron chi connectivity index (χ1n) is 3.61. The smallest absolute Gasteiger partial charge is 0.308 e. The predicted molar refractivity (Wildman–Crippen MR) is 37.5 cm³/mol. The van der Waals surface area contributed by atoms with E-state index < -0.39 is 5.97 Å². The number of hydrogen-bond acceptors (Lipinski definition) is 2. The van der Waals surface area contributed by atoms with Gasteiger partial charge >= 0.3 is 5.97 Å². The number of carboxylic acid groups (broad SMARTS) is 1. The van der Waals surface area contributed by atoms with Crippen LogP contribution in [0.3, 0.4) is 0 Å². The summed E-state index contributed by atoms with van der Waals surface area (Å²) in [6, 6.07) is -0.127. The molecule has 0 aromatic rings. The lowest BCUT2D eigenvalue weighted by Crippen LogP contribution is -2.34. The molecule has 1 unspecified atom stereocenters. The largest absolute Gasteiger partial charge is 0.481 e. The molecule has 0 saturated heterocycles. The van der Waals surface area contributed by atoms with Gasteiger partial charge in [0.25, 0.3) is 0 Å². The van der Waals surface area contributed by atoms with Crippen molar-refractivity contribution in [1.29, 1.82) is 0 Å². The zero-order valence-electron chi connectivity index (χ0n) is 6.08. The van der Waals surface area contributed by atoms with Crippen molar-refractivity contribution in [2.45, 2.75) is 25.8 Å². The van der Waals surface area contributed by atoms with Crippen molar-refractivity contribution in [2.75, 3.05) is 0 Å². The van der Waals surface area contributed by atoms with E-state index >= 15 is 0 Å². The standard InChI is InChI=1S/C7H13NO2/c1-4-2-3-5(6(4)8)7(9)10/h4-6H,2-3,8H2,1H3,(H,9,10)/t4?,5-,6+/m1/s1. The Kier molecular flexibility index (Phi) is 1.94. The lowest BCUT2D eigenvalue weighted by atomic mass is 10.0. The molecule has 3 nitrogen and oxygen atoms in total. The van der Waals surface area contributed by atoms with Gasteiger partial charge in [-0.3, -0.25) is 4.79 Å². The van der Waals surface area contributed by atoms with Gasteiger partial charge in [0.2, 0.25) is 0 Å². The van der Waals surface area contributed by atoms with Crippen molar-refractivity contribution in [3.05, 3.63) is 0 Å². The van der Waals surface area contributed by atoms with Gasteiger partial charge in [0.1, 0.15) is 0 Å². The molecule has 1 rings (SSSR count). The van der Waals surface area contributed by atoms with Crippen LogP contribution in [-0.2, 0) is 4.79 Å². The summed E-state index contributed by atoms with van der Waals surface area (Å²) in [7, 11) is 0. The molecule has 10 heavy (non-hydrogen) atoms. The van der Waals surface area contributed by atoms with Crippen LogP contribution < -0.4 is 5.73 Å². The Morgan fingerprint density at radius 3 is 2.40 bits per heavy atom. The van der Waals surface area contributed by atoms with Crippen LogP contribution in [0, 0.1) is 11.8 Å². The number of rotatable bonds is 1. The summed E-state index contributed by atoms with van der Waals surface area (Å²) in [5.74, 6) is -0.659. The third kappa shape index (κ3) is 1.14. The molecule has 0 spiro atoms. The van der Waals surface area contributed by atoms with Crippen LogP contribution in [0.15, 0.2) is 0 Å². The summed E-state index contributed by atoms with van der Waals surface area (Å²) in [4.78, 5) is 10.5. The number of nitrogens with two attached hydrogens (primary N) is 1. The number of carboxylic acids is 1. The minimum absolute atomic E-state index is 0.127. The van der Waals surface area contributed by atoms with E-state index in [9.17, 15) is 4.79 Å². The summed E-state index contributed by atoms with van der Waals surface area (Å²) in [5, 5.41) is 8.62. The Morgan fingerprint density at radius 1 is 1.60 bits per heavy atom. The lowest BCUT2D eigenvalue weighted by Gasteiger charge is -2.12. The van der Waals surface area contributed by atoms with Crippen molar-refractivity contribution >= 4 is 5.97 Å². The fourth-order valence-corrected chi connectivity index (χ4v) is 1.51. The maximum Gasteiger partial charge on any atom is 0.308 e. The fourth-order valence-electron chi connectivity index (χ4n) is 1.51. The van der Waals surface area contributed by atoms with Crippen LogP contribution in [-0.4, -0.2) is 17.1 Å².